The molecule has 8 nitrogen and oxygen atoms in total. The first kappa shape index (κ1) is 21.0. The SMILES string of the molecule is COc1ncnc(OC)c1C(=O)Nc1nc(C(F)(F)F)c(-c2cccc(C#N)c2)s1. The van der Waals surface area contributed by atoms with Gasteiger partial charge in [-0.2, -0.15) is 18.4 Å². The highest BCUT2D eigenvalue weighted by molar-refractivity contribution is 7.19. The molecule has 3 rings (SSSR count). The lowest BCUT2D eigenvalue weighted by Crippen LogP contribution is -2.16. The molecule has 0 saturated carbocycles. The molecule has 2 aromatic heterocycles. The second-order valence-corrected chi connectivity index (χ2v) is 6.61. The van der Waals surface area contributed by atoms with Gasteiger partial charge in [0.1, 0.15) is 6.33 Å². The largest absolute Gasteiger partial charge is 0.480 e. The molecule has 0 unspecified atom stereocenters. The van der Waals surface area contributed by atoms with E-state index in [1.807, 2.05) is 6.07 Å². The lowest BCUT2D eigenvalue weighted by atomic mass is 10.1. The van der Waals surface area contributed by atoms with Crippen molar-refractivity contribution in [2.24, 2.45) is 0 Å². The molecule has 0 bridgehead atoms. The number of amides is 1. The van der Waals surface area contributed by atoms with Crippen LogP contribution in [0.4, 0.5) is 18.3 Å². The summed E-state index contributed by atoms with van der Waals surface area (Å²) in [6.45, 7) is 0. The van der Waals surface area contributed by atoms with Gasteiger partial charge in [0, 0.05) is 0 Å². The zero-order chi connectivity index (χ0) is 21.9. The third kappa shape index (κ3) is 4.15. The van der Waals surface area contributed by atoms with Gasteiger partial charge in [-0.15, -0.1) is 0 Å². The number of ether oxygens (including phenoxy) is 2. The Hall–Kier alpha value is -3.72. The number of nitrogens with one attached hydrogen (secondary N) is 1. The third-order valence-electron chi connectivity index (χ3n) is 3.76. The van der Waals surface area contributed by atoms with Crippen LogP contribution in [0.2, 0.25) is 0 Å². The van der Waals surface area contributed by atoms with Crippen LogP contribution in [0.25, 0.3) is 10.4 Å². The maximum absolute atomic E-state index is 13.5. The van der Waals surface area contributed by atoms with Crippen molar-refractivity contribution in [2.75, 3.05) is 19.5 Å². The van der Waals surface area contributed by atoms with Crippen molar-refractivity contribution in [1.82, 2.24) is 15.0 Å². The molecule has 0 aliphatic carbocycles. The van der Waals surface area contributed by atoms with Crippen LogP contribution in [0.3, 0.4) is 0 Å². The smallest absolute Gasteiger partial charge is 0.434 e. The molecular formula is C18H12F3N5O3S. The summed E-state index contributed by atoms with van der Waals surface area (Å²) in [5.41, 5.74) is -1.03. The van der Waals surface area contributed by atoms with Gasteiger partial charge in [-0.3, -0.25) is 10.1 Å². The molecule has 0 saturated heterocycles. The third-order valence-corrected chi connectivity index (χ3v) is 4.78. The van der Waals surface area contributed by atoms with Crippen molar-refractivity contribution in [3.8, 4) is 28.3 Å². The van der Waals surface area contributed by atoms with Gasteiger partial charge >= 0.3 is 6.18 Å². The summed E-state index contributed by atoms with van der Waals surface area (Å²) in [5.74, 6) is -1.09. The number of aromatic nitrogens is 3. The Morgan fingerprint density at radius 2 is 1.87 bits per heavy atom. The monoisotopic (exact) mass is 435 g/mol. The van der Waals surface area contributed by atoms with E-state index >= 15 is 0 Å². The van der Waals surface area contributed by atoms with E-state index < -0.39 is 17.8 Å². The number of hydrogen-bond acceptors (Lipinski definition) is 8. The number of thiazole rings is 1. The quantitative estimate of drug-likeness (QED) is 0.650. The number of anilines is 1. The van der Waals surface area contributed by atoms with Crippen LogP contribution in [0.1, 0.15) is 21.6 Å². The van der Waals surface area contributed by atoms with Crippen LogP contribution >= 0.6 is 11.3 Å². The maximum Gasteiger partial charge on any atom is 0.434 e. The molecule has 0 radical (unpaired) electrons. The van der Waals surface area contributed by atoms with Crippen LogP contribution in [0.5, 0.6) is 11.8 Å². The van der Waals surface area contributed by atoms with Crippen molar-refractivity contribution >= 4 is 22.4 Å². The predicted octanol–water partition coefficient (Wildman–Crippen LogP) is 3.76. The number of nitriles is 1. The minimum atomic E-state index is -4.78. The van der Waals surface area contributed by atoms with Gasteiger partial charge < -0.3 is 9.47 Å². The van der Waals surface area contributed by atoms with E-state index in [0.29, 0.717) is 11.3 Å². The second-order valence-electron chi connectivity index (χ2n) is 5.61. The lowest BCUT2D eigenvalue weighted by molar-refractivity contribution is -0.140. The zero-order valence-electron chi connectivity index (χ0n) is 15.4. The fraction of sp³-hybridized carbons (Fsp3) is 0.167. The first-order valence-corrected chi connectivity index (χ1v) is 8.93. The molecule has 30 heavy (non-hydrogen) atoms. The highest BCUT2D eigenvalue weighted by Gasteiger charge is 2.38. The van der Waals surface area contributed by atoms with Gasteiger partial charge in [0.15, 0.2) is 16.4 Å². The summed E-state index contributed by atoms with van der Waals surface area (Å²) in [6.07, 6.45) is -3.66. The number of carbonyl (C=O) groups excluding carboxylic acids is 1. The number of nitrogens with zero attached hydrogens (tertiary/aromatic N) is 4. The highest BCUT2D eigenvalue weighted by Crippen LogP contribution is 2.42. The van der Waals surface area contributed by atoms with E-state index in [-0.39, 0.29) is 38.5 Å². The van der Waals surface area contributed by atoms with Crippen LogP contribution in [0.15, 0.2) is 30.6 Å². The van der Waals surface area contributed by atoms with Crippen molar-refractivity contribution < 1.29 is 27.4 Å². The van der Waals surface area contributed by atoms with Gasteiger partial charge in [0.2, 0.25) is 11.8 Å². The maximum atomic E-state index is 13.5. The predicted molar refractivity (Wildman–Crippen MR) is 100 cm³/mol. The number of halogens is 3. The summed E-state index contributed by atoms with van der Waals surface area (Å²) in [7, 11) is 2.54. The molecule has 0 fully saturated rings. The molecular weight excluding hydrogens is 423 g/mol. The van der Waals surface area contributed by atoms with Gasteiger partial charge in [0.25, 0.3) is 5.91 Å². The Kier molecular flexibility index (Phi) is 5.84. The highest BCUT2D eigenvalue weighted by atomic mass is 32.1. The number of hydrogen-bond donors (Lipinski definition) is 1. The van der Waals surface area contributed by atoms with Gasteiger partial charge in [-0.05, 0) is 17.7 Å². The number of benzene rings is 1. The number of methoxy groups -OCH3 is 2. The minimum absolute atomic E-state index is 0.117. The zero-order valence-corrected chi connectivity index (χ0v) is 16.3. The van der Waals surface area contributed by atoms with E-state index in [9.17, 15) is 18.0 Å². The van der Waals surface area contributed by atoms with Crippen molar-refractivity contribution in [3.63, 3.8) is 0 Å². The Bertz CT molecular complexity index is 1120. The number of alkyl halides is 3. The van der Waals surface area contributed by atoms with E-state index in [1.54, 1.807) is 0 Å². The fourth-order valence-corrected chi connectivity index (χ4v) is 3.49. The van der Waals surface area contributed by atoms with E-state index in [2.05, 4.69) is 20.3 Å². The lowest BCUT2D eigenvalue weighted by Gasteiger charge is -2.09. The Morgan fingerprint density at radius 3 is 2.43 bits per heavy atom. The van der Waals surface area contributed by atoms with E-state index in [1.165, 1.54) is 38.5 Å². The summed E-state index contributed by atoms with van der Waals surface area (Å²) in [5, 5.41) is 11.0. The van der Waals surface area contributed by atoms with Crippen LogP contribution in [-0.4, -0.2) is 35.1 Å². The molecule has 0 atom stereocenters. The standard InChI is InChI=1S/C18H12F3N5O3S/c1-28-15-11(16(29-2)24-8-23-15)14(27)26-17-25-13(18(19,20)21)12(30-17)10-5-3-4-9(6-10)7-22/h3-6,8H,1-2H3,(H,25,26,27). The minimum Gasteiger partial charge on any atom is -0.480 e. The molecule has 154 valence electrons. The second kappa shape index (κ2) is 8.34. The Labute approximate surface area is 171 Å². The molecule has 0 aliphatic rings. The Morgan fingerprint density at radius 1 is 1.20 bits per heavy atom. The Balaban J connectivity index is 2.04. The fourth-order valence-electron chi connectivity index (χ4n) is 2.51. The van der Waals surface area contributed by atoms with Gasteiger partial charge in [0.05, 0.1) is 30.7 Å². The molecule has 1 aromatic carbocycles. The van der Waals surface area contributed by atoms with Crippen LogP contribution < -0.4 is 14.8 Å². The van der Waals surface area contributed by atoms with Crippen molar-refractivity contribution in [1.29, 1.82) is 5.26 Å². The first-order valence-electron chi connectivity index (χ1n) is 8.11. The van der Waals surface area contributed by atoms with Crippen molar-refractivity contribution in [3.05, 3.63) is 47.4 Å². The van der Waals surface area contributed by atoms with E-state index in [0.717, 1.165) is 6.33 Å². The van der Waals surface area contributed by atoms with E-state index in [4.69, 9.17) is 14.7 Å². The van der Waals surface area contributed by atoms with Crippen LogP contribution in [-0.2, 0) is 6.18 Å². The summed E-state index contributed by atoms with van der Waals surface area (Å²) >= 11 is 0.614. The first-order chi connectivity index (χ1) is 14.3. The molecule has 12 heteroatoms. The molecule has 2 heterocycles. The summed E-state index contributed by atoms with van der Waals surface area (Å²) in [6, 6.07) is 7.53. The molecule has 0 aliphatic heterocycles. The summed E-state index contributed by atoms with van der Waals surface area (Å²) < 4.78 is 50.6. The molecule has 0 spiro atoms. The molecule has 1 amide bonds. The summed E-state index contributed by atoms with van der Waals surface area (Å²) in [4.78, 5) is 23.6. The van der Waals surface area contributed by atoms with Crippen molar-refractivity contribution in [2.45, 2.75) is 6.18 Å². The topological polar surface area (TPSA) is 110 Å². The molecule has 3 aromatic rings. The van der Waals surface area contributed by atoms with Crippen LogP contribution in [0, 0.1) is 11.3 Å². The van der Waals surface area contributed by atoms with Gasteiger partial charge in [-0.25, -0.2) is 15.0 Å². The number of carbonyl (C=O) groups is 1. The normalized spacial score (nSPS) is 10.9. The van der Waals surface area contributed by atoms with Gasteiger partial charge in [-0.1, -0.05) is 23.5 Å². The molecule has 1 N–H and O–H groups in total. The number of rotatable bonds is 5. The average molecular weight is 435 g/mol. The average Bonchev–Trinajstić information content (AvgIpc) is 3.17.